The summed E-state index contributed by atoms with van der Waals surface area (Å²) in [5.74, 6) is 0.774. The first-order chi connectivity index (χ1) is 7.68. The van der Waals surface area contributed by atoms with Crippen molar-refractivity contribution in [2.24, 2.45) is 5.73 Å². The predicted molar refractivity (Wildman–Crippen MR) is 65.1 cm³/mol. The van der Waals surface area contributed by atoms with E-state index >= 15 is 0 Å². The minimum atomic E-state index is -0.803. The molecule has 16 heavy (non-hydrogen) atoms. The van der Waals surface area contributed by atoms with E-state index in [1.54, 1.807) is 0 Å². The van der Waals surface area contributed by atoms with Gasteiger partial charge in [-0.3, -0.25) is 5.73 Å². The van der Waals surface area contributed by atoms with E-state index in [0.717, 1.165) is 11.3 Å². The molecule has 2 rings (SSSR count). The monoisotopic (exact) mass is 213 g/mol. The number of nitrogens with two attached hydrogens (primary N) is 1. The summed E-state index contributed by atoms with van der Waals surface area (Å²) in [6, 6.07) is 19.4. The number of para-hydroxylation sites is 1. The molecule has 0 aliphatic carbocycles. The highest BCUT2D eigenvalue weighted by Gasteiger charge is 2.22. The van der Waals surface area contributed by atoms with Crippen LogP contribution in [0.5, 0.6) is 5.75 Å². The summed E-state index contributed by atoms with van der Waals surface area (Å²) in [4.78, 5) is 0. The van der Waals surface area contributed by atoms with Crippen LogP contribution < -0.4 is 10.5 Å². The SMILES string of the molecule is CC(N)(Oc1ccccc1)c1ccccc1. The fourth-order valence-corrected chi connectivity index (χ4v) is 1.56. The first-order valence-corrected chi connectivity index (χ1v) is 5.27. The molecular weight excluding hydrogens is 198 g/mol. The van der Waals surface area contributed by atoms with Crippen LogP contribution in [-0.2, 0) is 5.72 Å². The molecule has 0 radical (unpaired) electrons. The standard InChI is InChI=1S/C14H15NO/c1-14(15,12-8-4-2-5-9-12)16-13-10-6-3-7-11-13/h2-11H,15H2,1H3. The van der Waals surface area contributed by atoms with Crippen LogP contribution in [0.3, 0.4) is 0 Å². The van der Waals surface area contributed by atoms with Crippen LogP contribution in [0, 0.1) is 0 Å². The zero-order chi connectivity index (χ0) is 11.4. The van der Waals surface area contributed by atoms with Crippen LogP contribution in [0.4, 0.5) is 0 Å². The van der Waals surface area contributed by atoms with E-state index in [0.29, 0.717) is 0 Å². The second-order valence-electron chi connectivity index (χ2n) is 3.89. The molecule has 2 nitrogen and oxygen atoms in total. The van der Waals surface area contributed by atoms with Gasteiger partial charge in [0.25, 0.3) is 0 Å². The van der Waals surface area contributed by atoms with Gasteiger partial charge in [-0.2, -0.15) is 0 Å². The van der Waals surface area contributed by atoms with Gasteiger partial charge in [0, 0.05) is 5.56 Å². The molecule has 0 heterocycles. The van der Waals surface area contributed by atoms with Crippen molar-refractivity contribution in [3.63, 3.8) is 0 Å². The molecule has 0 aliphatic rings. The van der Waals surface area contributed by atoms with Gasteiger partial charge in [-0.1, -0.05) is 48.5 Å². The average molecular weight is 213 g/mol. The van der Waals surface area contributed by atoms with E-state index in [-0.39, 0.29) is 0 Å². The van der Waals surface area contributed by atoms with Crippen molar-refractivity contribution in [2.75, 3.05) is 0 Å². The van der Waals surface area contributed by atoms with Gasteiger partial charge in [-0.25, -0.2) is 0 Å². The predicted octanol–water partition coefficient (Wildman–Crippen LogP) is 2.90. The molecule has 0 bridgehead atoms. The van der Waals surface area contributed by atoms with E-state index in [4.69, 9.17) is 10.5 Å². The van der Waals surface area contributed by atoms with Gasteiger partial charge < -0.3 is 4.74 Å². The Morgan fingerprint density at radius 1 is 0.875 bits per heavy atom. The Bertz CT molecular complexity index is 437. The van der Waals surface area contributed by atoms with Crippen molar-refractivity contribution in [2.45, 2.75) is 12.6 Å². The lowest BCUT2D eigenvalue weighted by Gasteiger charge is -2.26. The van der Waals surface area contributed by atoms with Crippen molar-refractivity contribution < 1.29 is 4.74 Å². The van der Waals surface area contributed by atoms with E-state index in [1.165, 1.54) is 0 Å². The Morgan fingerprint density at radius 2 is 1.38 bits per heavy atom. The lowest BCUT2D eigenvalue weighted by molar-refractivity contribution is 0.0947. The third-order valence-corrected chi connectivity index (χ3v) is 2.42. The maximum atomic E-state index is 6.15. The molecule has 0 amide bonds. The third kappa shape index (κ3) is 2.41. The number of rotatable bonds is 3. The summed E-state index contributed by atoms with van der Waals surface area (Å²) < 4.78 is 5.77. The molecule has 1 unspecified atom stereocenters. The maximum absolute atomic E-state index is 6.15. The highest BCUT2D eigenvalue weighted by molar-refractivity contribution is 5.26. The third-order valence-electron chi connectivity index (χ3n) is 2.42. The Labute approximate surface area is 95.7 Å². The minimum Gasteiger partial charge on any atom is -0.469 e. The molecule has 0 saturated carbocycles. The summed E-state index contributed by atoms with van der Waals surface area (Å²) in [5.41, 5.74) is 6.30. The van der Waals surface area contributed by atoms with Crippen molar-refractivity contribution in [3.05, 3.63) is 66.2 Å². The zero-order valence-electron chi connectivity index (χ0n) is 9.26. The van der Waals surface area contributed by atoms with Crippen LogP contribution >= 0.6 is 0 Å². The second kappa shape index (κ2) is 4.37. The molecule has 2 aromatic rings. The van der Waals surface area contributed by atoms with Gasteiger partial charge in [0.2, 0.25) is 0 Å². The molecule has 2 heteroatoms. The molecular formula is C14H15NO. The zero-order valence-corrected chi connectivity index (χ0v) is 9.26. The second-order valence-corrected chi connectivity index (χ2v) is 3.89. The normalized spacial score (nSPS) is 14.1. The van der Waals surface area contributed by atoms with Crippen molar-refractivity contribution >= 4 is 0 Å². The summed E-state index contributed by atoms with van der Waals surface area (Å²) in [5, 5.41) is 0. The van der Waals surface area contributed by atoms with Gasteiger partial charge >= 0.3 is 0 Å². The van der Waals surface area contributed by atoms with Gasteiger partial charge in [0.05, 0.1) is 0 Å². The molecule has 1 atom stereocenters. The highest BCUT2D eigenvalue weighted by atomic mass is 16.5. The summed E-state index contributed by atoms with van der Waals surface area (Å²) in [6.45, 7) is 1.86. The Balaban J connectivity index is 2.21. The first-order valence-electron chi connectivity index (χ1n) is 5.27. The van der Waals surface area contributed by atoms with E-state index < -0.39 is 5.72 Å². The van der Waals surface area contributed by atoms with Gasteiger partial charge in [0.1, 0.15) is 5.75 Å². The largest absolute Gasteiger partial charge is 0.469 e. The first kappa shape index (κ1) is 10.7. The van der Waals surface area contributed by atoms with E-state index in [2.05, 4.69) is 0 Å². The van der Waals surface area contributed by atoms with E-state index in [9.17, 15) is 0 Å². The molecule has 82 valence electrons. The summed E-state index contributed by atoms with van der Waals surface area (Å²) in [7, 11) is 0. The van der Waals surface area contributed by atoms with Crippen molar-refractivity contribution in [1.29, 1.82) is 0 Å². The van der Waals surface area contributed by atoms with Crippen LogP contribution in [-0.4, -0.2) is 0 Å². The van der Waals surface area contributed by atoms with Crippen molar-refractivity contribution in [3.8, 4) is 5.75 Å². The topological polar surface area (TPSA) is 35.2 Å². The molecule has 2 N–H and O–H groups in total. The Kier molecular flexibility index (Phi) is 2.93. The number of hydrogen-bond donors (Lipinski definition) is 1. The quantitative estimate of drug-likeness (QED) is 0.796. The van der Waals surface area contributed by atoms with Crippen LogP contribution in [0.2, 0.25) is 0 Å². The fraction of sp³-hybridized carbons (Fsp3) is 0.143. The molecule has 0 aliphatic heterocycles. The lowest BCUT2D eigenvalue weighted by Crippen LogP contribution is -2.39. The molecule has 0 fully saturated rings. The molecule has 0 spiro atoms. The number of ether oxygens (including phenoxy) is 1. The van der Waals surface area contributed by atoms with Crippen LogP contribution in [0.15, 0.2) is 60.7 Å². The molecule has 0 saturated heterocycles. The fourth-order valence-electron chi connectivity index (χ4n) is 1.56. The summed E-state index contributed by atoms with van der Waals surface area (Å²) in [6.07, 6.45) is 0. The molecule has 0 aromatic heterocycles. The van der Waals surface area contributed by atoms with Crippen molar-refractivity contribution in [1.82, 2.24) is 0 Å². The molecule has 2 aromatic carbocycles. The van der Waals surface area contributed by atoms with Crippen LogP contribution in [0.25, 0.3) is 0 Å². The smallest absolute Gasteiger partial charge is 0.181 e. The van der Waals surface area contributed by atoms with Gasteiger partial charge in [-0.05, 0) is 19.1 Å². The van der Waals surface area contributed by atoms with Gasteiger partial charge in [0.15, 0.2) is 5.72 Å². The summed E-state index contributed by atoms with van der Waals surface area (Å²) >= 11 is 0. The lowest BCUT2D eigenvalue weighted by atomic mass is 10.1. The van der Waals surface area contributed by atoms with Gasteiger partial charge in [-0.15, -0.1) is 0 Å². The maximum Gasteiger partial charge on any atom is 0.181 e. The average Bonchev–Trinajstić information content (AvgIpc) is 2.31. The van der Waals surface area contributed by atoms with E-state index in [1.807, 2.05) is 67.6 Å². The highest BCUT2D eigenvalue weighted by Crippen LogP contribution is 2.22. The Hall–Kier alpha value is -1.80. The number of hydrogen-bond acceptors (Lipinski definition) is 2. The Morgan fingerprint density at radius 3 is 1.94 bits per heavy atom. The number of benzene rings is 2. The van der Waals surface area contributed by atoms with Crippen LogP contribution in [0.1, 0.15) is 12.5 Å². The minimum absolute atomic E-state index is 0.774.